The summed E-state index contributed by atoms with van der Waals surface area (Å²) in [6, 6.07) is 13.8. The number of halogens is 1. The summed E-state index contributed by atoms with van der Waals surface area (Å²) in [4.78, 5) is 2.36. The number of ether oxygens (including phenoxy) is 1. The van der Waals surface area contributed by atoms with Crippen LogP contribution in [0.5, 0.6) is 5.75 Å². The van der Waals surface area contributed by atoms with E-state index in [1.54, 1.807) is 0 Å². The predicted octanol–water partition coefficient (Wildman–Crippen LogP) is 6.83. The van der Waals surface area contributed by atoms with Crippen molar-refractivity contribution in [2.24, 2.45) is 11.3 Å². The van der Waals surface area contributed by atoms with Crippen LogP contribution in [0.25, 0.3) is 11.1 Å². The van der Waals surface area contributed by atoms with Crippen molar-refractivity contribution in [1.82, 2.24) is 4.90 Å². The Hall–Kier alpha value is -1.87. The van der Waals surface area contributed by atoms with E-state index < -0.39 is 0 Å². The first kappa shape index (κ1) is 20.1. The second-order valence-corrected chi connectivity index (χ2v) is 10.1. The van der Waals surface area contributed by atoms with Crippen LogP contribution in [0.4, 0.5) is 4.39 Å². The molecule has 0 aromatic heterocycles. The van der Waals surface area contributed by atoms with E-state index in [0.29, 0.717) is 29.5 Å². The Labute approximate surface area is 180 Å². The maximum atomic E-state index is 15.2. The van der Waals surface area contributed by atoms with Crippen molar-refractivity contribution >= 4 is 0 Å². The van der Waals surface area contributed by atoms with Crippen LogP contribution in [0.3, 0.4) is 0 Å². The summed E-state index contributed by atoms with van der Waals surface area (Å²) in [7, 11) is 0. The molecule has 3 aliphatic rings. The van der Waals surface area contributed by atoms with E-state index in [1.165, 1.54) is 51.4 Å². The molecule has 160 valence electrons. The van der Waals surface area contributed by atoms with Gasteiger partial charge in [-0.25, -0.2) is 4.39 Å². The Bertz CT molecular complexity index is 863. The lowest BCUT2D eigenvalue weighted by molar-refractivity contribution is 0.0233. The smallest absolute Gasteiger partial charge is 0.135 e. The third-order valence-electron chi connectivity index (χ3n) is 7.86. The zero-order valence-electron chi connectivity index (χ0n) is 18.2. The SMILES string of the molecule is CC1CCN(Cc2cccc(-c3ccc(OC4CCC5(CCC5)CC4)cc3)c2F)C1. The number of rotatable bonds is 5. The molecule has 5 rings (SSSR count). The fraction of sp³-hybridized carbons (Fsp3) is 0.556. The normalized spacial score (nSPS) is 24.1. The third kappa shape index (κ3) is 4.14. The van der Waals surface area contributed by atoms with E-state index in [1.807, 2.05) is 42.5 Å². The van der Waals surface area contributed by atoms with Crippen molar-refractivity contribution in [3.05, 3.63) is 53.8 Å². The van der Waals surface area contributed by atoms with Crippen LogP contribution in [0.15, 0.2) is 42.5 Å². The highest BCUT2D eigenvalue weighted by atomic mass is 19.1. The molecule has 1 heterocycles. The maximum Gasteiger partial charge on any atom is 0.135 e. The van der Waals surface area contributed by atoms with Crippen LogP contribution >= 0.6 is 0 Å². The first-order valence-electron chi connectivity index (χ1n) is 11.9. The summed E-state index contributed by atoms with van der Waals surface area (Å²) < 4.78 is 21.5. The van der Waals surface area contributed by atoms with Gasteiger partial charge >= 0.3 is 0 Å². The van der Waals surface area contributed by atoms with Crippen molar-refractivity contribution < 1.29 is 9.13 Å². The van der Waals surface area contributed by atoms with Crippen LogP contribution in [0, 0.1) is 17.2 Å². The third-order valence-corrected chi connectivity index (χ3v) is 7.86. The van der Waals surface area contributed by atoms with Crippen LogP contribution in [-0.2, 0) is 6.54 Å². The zero-order chi connectivity index (χ0) is 20.6. The zero-order valence-corrected chi connectivity index (χ0v) is 18.2. The number of hydrogen-bond donors (Lipinski definition) is 0. The van der Waals surface area contributed by atoms with Crippen LogP contribution in [0.2, 0.25) is 0 Å². The van der Waals surface area contributed by atoms with Gasteiger partial charge in [-0.1, -0.05) is 43.7 Å². The predicted molar refractivity (Wildman–Crippen MR) is 120 cm³/mol. The molecule has 1 spiro atoms. The molecule has 0 amide bonds. The largest absolute Gasteiger partial charge is 0.490 e. The minimum absolute atomic E-state index is 0.0798. The molecule has 3 heteroatoms. The quantitative estimate of drug-likeness (QED) is 0.539. The second kappa shape index (κ2) is 8.34. The number of benzene rings is 2. The molecule has 1 saturated heterocycles. The van der Waals surface area contributed by atoms with E-state index in [2.05, 4.69) is 11.8 Å². The van der Waals surface area contributed by atoms with Gasteiger partial charge in [0.25, 0.3) is 0 Å². The lowest BCUT2D eigenvalue weighted by atomic mass is 9.60. The molecule has 3 fully saturated rings. The van der Waals surface area contributed by atoms with E-state index in [4.69, 9.17) is 4.74 Å². The fourth-order valence-electron chi connectivity index (χ4n) is 5.74. The van der Waals surface area contributed by atoms with E-state index in [0.717, 1.165) is 30.0 Å². The van der Waals surface area contributed by atoms with Crippen molar-refractivity contribution in [2.75, 3.05) is 13.1 Å². The van der Waals surface area contributed by atoms with Gasteiger partial charge in [-0.05, 0) is 80.5 Å². The van der Waals surface area contributed by atoms with E-state index in [9.17, 15) is 0 Å². The summed E-state index contributed by atoms with van der Waals surface area (Å²) in [5.74, 6) is 1.55. The van der Waals surface area contributed by atoms with Crippen LogP contribution in [-0.4, -0.2) is 24.1 Å². The molecular formula is C27H34FNO. The highest BCUT2D eigenvalue weighted by molar-refractivity contribution is 5.65. The monoisotopic (exact) mass is 407 g/mol. The van der Waals surface area contributed by atoms with E-state index in [-0.39, 0.29) is 5.82 Å². The van der Waals surface area contributed by atoms with Gasteiger partial charge in [-0.2, -0.15) is 0 Å². The summed E-state index contributed by atoms with van der Waals surface area (Å²) in [5, 5.41) is 0. The molecule has 0 N–H and O–H groups in total. The van der Waals surface area contributed by atoms with Crippen molar-refractivity contribution in [3.63, 3.8) is 0 Å². The summed E-state index contributed by atoms with van der Waals surface area (Å²) in [6.45, 7) is 5.11. The first-order valence-corrected chi connectivity index (χ1v) is 11.9. The van der Waals surface area contributed by atoms with Crippen molar-refractivity contribution in [1.29, 1.82) is 0 Å². The van der Waals surface area contributed by atoms with Gasteiger partial charge in [0.1, 0.15) is 11.6 Å². The van der Waals surface area contributed by atoms with Gasteiger partial charge in [-0.3, -0.25) is 4.90 Å². The molecule has 30 heavy (non-hydrogen) atoms. The highest BCUT2D eigenvalue weighted by Crippen LogP contribution is 2.51. The Kier molecular flexibility index (Phi) is 5.58. The first-order chi connectivity index (χ1) is 14.6. The van der Waals surface area contributed by atoms with Crippen molar-refractivity contribution in [2.45, 2.75) is 70.9 Å². The molecular weight excluding hydrogens is 373 g/mol. The fourth-order valence-corrected chi connectivity index (χ4v) is 5.74. The molecule has 2 aromatic rings. The molecule has 2 saturated carbocycles. The number of likely N-dealkylation sites (tertiary alicyclic amines) is 1. The summed E-state index contributed by atoms with van der Waals surface area (Å²) in [5.41, 5.74) is 3.08. The van der Waals surface area contributed by atoms with Crippen molar-refractivity contribution in [3.8, 4) is 16.9 Å². The molecule has 2 aromatic carbocycles. The molecule has 1 atom stereocenters. The van der Waals surface area contributed by atoms with Gasteiger partial charge in [0.15, 0.2) is 0 Å². The Morgan fingerprint density at radius 3 is 2.40 bits per heavy atom. The summed E-state index contributed by atoms with van der Waals surface area (Å²) >= 11 is 0. The van der Waals surface area contributed by atoms with Gasteiger partial charge < -0.3 is 4.74 Å². The minimum Gasteiger partial charge on any atom is -0.490 e. The molecule has 1 unspecified atom stereocenters. The van der Waals surface area contributed by atoms with Gasteiger partial charge in [0.2, 0.25) is 0 Å². The minimum atomic E-state index is -0.0798. The lowest BCUT2D eigenvalue weighted by Gasteiger charge is -2.46. The Morgan fingerprint density at radius 1 is 1.00 bits per heavy atom. The average Bonchev–Trinajstić information content (AvgIpc) is 3.14. The Morgan fingerprint density at radius 2 is 1.77 bits per heavy atom. The van der Waals surface area contributed by atoms with Gasteiger partial charge in [0.05, 0.1) is 6.10 Å². The standard InChI is InChI=1S/C27H34FNO/c1-20-12-17-29(18-20)19-22-4-2-5-25(26(22)28)21-6-8-23(9-7-21)30-24-10-15-27(16-11-24)13-3-14-27/h2,4-9,20,24H,3,10-19H2,1H3. The summed E-state index contributed by atoms with van der Waals surface area (Å²) in [6.07, 6.45) is 10.8. The topological polar surface area (TPSA) is 12.5 Å². The molecule has 1 aliphatic heterocycles. The maximum absolute atomic E-state index is 15.2. The molecule has 0 bridgehead atoms. The van der Waals surface area contributed by atoms with Gasteiger partial charge in [-0.15, -0.1) is 0 Å². The molecule has 2 nitrogen and oxygen atoms in total. The van der Waals surface area contributed by atoms with Gasteiger partial charge in [0, 0.05) is 24.2 Å². The number of nitrogens with zero attached hydrogens (tertiary/aromatic N) is 1. The molecule has 2 aliphatic carbocycles. The van der Waals surface area contributed by atoms with E-state index >= 15 is 4.39 Å². The second-order valence-electron chi connectivity index (χ2n) is 10.1. The Balaban J connectivity index is 1.23. The number of hydrogen-bond acceptors (Lipinski definition) is 2. The van der Waals surface area contributed by atoms with Crippen LogP contribution in [0.1, 0.15) is 63.9 Å². The highest BCUT2D eigenvalue weighted by Gasteiger charge is 2.40. The average molecular weight is 408 g/mol. The molecule has 0 radical (unpaired) electrons. The van der Waals surface area contributed by atoms with Crippen LogP contribution < -0.4 is 4.74 Å². The lowest BCUT2D eigenvalue weighted by Crippen LogP contribution is -2.37.